The van der Waals surface area contributed by atoms with Crippen molar-refractivity contribution in [2.75, 3.05) is 37.7 Å². The first-order valence-electron chi connectivity index (χ1n) is 13.2. The standard InChI is InChI=1S/C26H31F2N7O3/c27-23(28)24-30-19-3-1-2-4-20(19)35(24)21-15-22(32-26(31-21)33-11-13-37-14-12-33)38-17-7-5-16(6-8-17)34-10-9-18(29)25(34)36/h1-4,15-18,23H,5-14,29H2/t16-,17-,18-/m1/s1. The van der Waals surface area contributed by atoms with Crippen LogP contribution in [0, 0.1) is 0 Å². The zero-order valence-electron chi connectivity index (χ0n) is 21.0. The first kappa shape index (κ1) is 24.9. The summed E-state index contributed by atoms with van der Waals surface area (Å²) in [5.41, 5.74) is 6.90. The summed E-state index contributed by atoms with van der Waals surface area (Å²) in [6, 6.07) is 8.40. The number of nitrogens with zero attached hydrogens (tertiary/aromatic N) is 6. The highest BCUT2D eigenvalue weighted by Gasteiger charge is 2.36. The predicted octanol–water partition coefficient (Wildman–Crippen LogP) is 2.84. The van der Waals surface area contributed by atoms with Crippen LogP contribution in [0.15, 0.2) is 30.3 Å². The molecule has 10 nitrogen and oxygen atoms in total. The number of amides is 1. The van der Waals surface area contributed by atoms with Crippen molar-refractivity contribution in [1.82, 2.24) is 24.4 Å². The lowest BCUT2D eigenvalue weighted by Crippen LogP contribution is -2.43. The summed E-state index contributed by atoms with van der Waals surface area (Å²) in [4.78, 5) is 29.8. The van der Waals surface area contributed by atoms with Gasteiger partial charge in [0.05, 0.1) is 30.3 Å². The summed E-state index contributed by atoms with van der Waals surface area (Å²) in [7, 11) is 0. The Morgan fingerprint density at radius 2 is 1.76 bits per heavy atom. The number of likely N-dealkylation sites (tertiary alicyclic amines) is 1. The molecule has 2 aliphatic heterocycles. The molecular weight excluding hydrogens is 496 g/mol. The average Bonchev–Trinajstić information content (AvgIpc) is 3.50. The summed E-state index contributed by atoms with van der Waals surface area (Å²) in [6.45, 7) is 2.95. The number of anilines is 1. The Balaban J connectivity index is 1.29. The van der Waals surface area contributed by atoms with Crippen LogP contribution in [0.4, 0.5) is 14.7 Å². The molecule has 1 aliphatic carbocycles. The maximum Gasteiger partial charge on any atom is 0.296 e. The van der Waals surface area contributed by atoms with E-state index in [1.165, 1.54) is 4.57 Å². The van der Waals surface area contributed by atoms with Gasteiger partial charge in [-0.2, -0.15) is 9.97 Å². The molecule has 1 atom stereocenters. The van der Waals surface area contributed by atoms with E-state index in [-0.39, 0.29) is 35.7 Å². The molecule has 2 aromatic heterocycles. The molecule has 1 saturated carbocycles. The molecule has 2 N–H and O–H groups in total. The van der Waals surface area contributed by atoms with Gasteiger partial charge in [-0.05, 0) is 44.2 Å². The molecule has 0 bridgehead atoms. The van der Waals surface area contributed by atoms with Crippen molar-refractivity contribution in [3.63, 3.8) is 0 Å². The van der Waals surface area contributed by atoms with Crippen molar-refractivity contribution in [3.05, 3.63) is 36.2 Å². The third kappa shape index (κ3) is 4.78. The number of benzene rings is 1. The summed E-state index contributed by atoms with van der Waals surface area (Å²) in [6.07, 6.45) is 0.959. The van der Waals surface area contributed by atoms with E-state index in [9.17, 15) is 13.6 Å². The Labute approximate surface area is 218 Å². The first-order valence-corrected chi connectivity index (χ1v) is 13.2. The summed E-state index contributed by atoms with van der Waals surface area (Å²) in [5, 5.41) is 0. The number of aromatic nitrogens is 4. The Kier molecular flexibility index (Phi) is 6.83. The second-order valence-corrected chi connectivity index (χ2v) is 10.0. The lowest BCUT2D eigenvalue weighted by molar-refractivity contribution is -0.131. The van der Waals surface area contributed by atoms with Crippen LogP contribution in [0.5, 0.6) is 5.88 Å². The molecule has 1 amide bonds. The molecule has 1 aromatic carbocycles. The van der Waals surface area contributed by atoms with Crippen LogP contribution in [0.25, 0.3) is 16.9 Å². The Morgan fingerprint density at radius 3 is 2.47 bits per heavy atom. The number of carbonyl (C=O) groups excluding carboxylic acids is 1. The van der Waals surface area contributed by atoms with Crippen molar-refractivity contribution in [2.24, 2.45) is 5.73 Å². The van der Waals surface area contributed by atoms with Crippen LogP contribution in [-0.4, -0.2) is 81.4 Å². The van der Waals surface area contributed by atoms with E-state index in [0.29, 0.717) is 62.1 Å². The minimum atomic E-state index is -2.79. The Hall–Kier alpha value is -3.38. The number of fused-ring (bicyclic) bond motifs is 1. The Bertz CT molecular complexity index is 1310. The maximum atomic E-state index is 14.1. The molecule has 38 heavy (non-hydrogen) atoms. The molecule has 6 rings (SSSR count). The molecule has 202 valence electrons. The molecule has 0 spiro atoms. The van der Waals surface area contributed by atoms with Gasteiger partial charge in [0, 0.05) is 31.7 Å². The lowest BCUT2D eigenvalue weighted by atomic mass is 9.92. The van der Waals surface area contributed by atoms with Gasteiger partial charge in [0.15, 0.2) is 5.82 Å². The van der Waals surface area contributed by atoms with Gasteiger partial charge < -0.3 is 25.0 Å². The van der Waals surface area contributed by atoms with Gasteiger partial charge in [-0.1, -0.05) is 12.1 Å². The number of rotatable bonds is 6. The molecule has 3 aliphatic rings. The predicted molar refractivity (Wildman–Crippen MR) is 136 cm³/mol. The van der Waals surface area contributed by atoms with Crippen LogP contribution in [0.1, 0.15) is 44.4 Å². The van der Waals surface area contributed by atoms with E-state index >= 15 is 0 Å². The molecule has 3 fully saturated rings. The van der Waals surface area contributed by atoms with E-state index in [0.717, 1.165) is 25.7 Å². The minimum absolute atomic E-state index is 0.0346. The first-order chi connectivity index (χ1) is 18.5. The quantitative estimate of drug-likeness (QED) is 0.521. The summed E-state index contributed by atoms with van der Waals surface area (Å²) >= 11 is 0. The average molecular weight is 528 g/mol. The van der Waals surface area contributed by atoms with Crippen LogP contribution in [0.2, 0.25) is 0 Å². The van der Waals surface area contributed by atoms with Crippen LogP contribution >= 0.6 is 0 Å². The van der Waals surface area contributed by atoms with Crippen LogP contribution < -0.4 is 15.4 Å². The third-order valence-corrected chi connectivity index (χ3v) is 7.64. The van der Waals surface area contributed by atoms with Crippen molar-refractivity contribution in [1.29, 1.82) is 0 Å². The highest BCUT2D eigenvalue weighted by Crippen LogP contribution is 2.32. The fourth-order valence-electron chi connectivity index (χ4n) is 5.65. The monoisotopic (exact) mass is 527 g/mol. The number of hydrogen-bond donors (Lipinski definition) is 1. The summed E-state index contributed by atoms with van der Waals surface area (Å²) in [5.74, 6) is 0.678. The number of para-hydroxylation sites is 2. The third-order valence-electron chi connectivity index (χ3n) is 7.64. The zero-order valence-corrected chi connectivity index (χ0v) is 21.0. The van der Waals surface area contributed by atoms with Crippen molar-refractivity contribution >= 4 is 22.9 Å². The fourth-order valence-corrected chi connectivity index (χ4v) is 5.65. The van der Waals surface area contributed by atoms with Gasteiger partial charge in [-0.3, -0.25) is 9.36 Å². The number of alkyl halides is 2. The van der Waals surface area contributed by atoms with E-state index in [1.807, 2.05) is 9.80 Å². The van der Waals surface area contributed by atoms with E-state index in [4.69, 9.17) is 15.2 Å². The molecule has 3 aromatic rings. The van der Waals surface area contributed by atoms with E-state index in [1.54, 1.807) is 30.3 Å². The SMILES string of the molecule is N[C@@H]1CCN([C@H]2CC[C@H](Oc3cc(-n4c(C(F)F)nc5ccccc54)nc(N4CCOCC4)n3)CC2)C1=O. The number of halogens is 2. The molecule has 12 heteroatoms. The van der Waals surface area contributed by atoms with Crippen LogP contribution in [0.3, 0.4) is 0 Å². The largest absolute Gasteiger partial charge is 0.474 e. The van der Waals surface area contributed by atoms with Gasteiger partial charge in [0.25, 0.3) is 6.43 Å². The fraction of sp³-hybridized carbons (Fsp3) is 0.538. The van der Waals surface area contributed by atoms with Gasteiger partial charge >= 0.3 is 0 Å². The van der Waals surface area contributed by atoms with E-state index < -0.39 is 6.43 Å². The number of morpholine rings is 1. The van der Waals surface area contributed by atoms with Gasteiger partial charge in [-0.25, -0.2) is 13.8 Å². The van der Waals surface area contributed by atoms with Crippen molar-refractivity contribution in [3.8, 4) is 11.7 Å². The molecular formula is C26H31F2N7O3. The second kappa shape index (κ2) is 10.4. The maximum absolute atomic E-state index is 14.1. The van der Waals surface area contributed by atoms with Crippen LogP contribution in [-0.2, 0) is 9.53 Å². The normalized spacial score (nSPS) is 24.5. The number of imidazole rings is 1. The highest BCUT2D eigenvalue weighted by molar-refractivity contribution is 5.84. The summed E-state index contributed by atoms with van der Waals surface area (Å²) < 4.78 is 41.3. The lowest BCUT2D eigenvalue weighted by Gasteiger charge is -2.34. The zero-order chi connectivity index (χ0) is 26.2. The smallest absolute Gasteiger partial charge is 0.296 e. The number of carbonyl (C=O) groups is 1. The number of ether oxygens (including phenoxy) is 2. The van der Waals surface area contributed by atoms with E-state index in [2.05, 4.69) is 15.0 Å². The van der Waals surface area contributed by atoms with Crippen molar-refractivity contribution < 1.29 is 23.0 Å². The molecule has 2 saturated heterocycles. The molecule has 0 unspecified atom stereocenters. The number of nitrogens with two attached hydrogens (primary N) is 1. The van der Waals surface area contributed by atoms with Gasteiger partial charge in [0.2, 0.25) is 17.7 Å². The van der Waals surface area contributed by atoms with Crippen molar-refractivity contribution in [2.45, 2.75) is 56.7 Å². The Morgan fingerprint density at radius 1 is 1.00 bits per heavy atom. The highest BCUT2D eigenvalue weighted by atomic mass is 19.3. The minimum Gasteiger partial charge on any atom is -0.474 e. The second-order valence-electron chi connectivity index (χ2n) is 10.0. The van der Waals surface area contributed by atoms with Gasteiger partial charge in [0.1, 0.15) is 11.9 Å². The number of hydrogen-bond acceptors (Lipinski definition) is 8. The topological polar surface area (TPSA) is 112 Å². The molecule has 0 radical (unpaired) electrons. The molecule has 4 heterocycles. The van der Waals surface area contributed by atoms with Gasteiger partial charge in [-0.15, -0.1) is 0 Å².